The summed E-state index contributed by atoms with van der Waals surface area (Å²) < 4.78 is 7.72. The van der Waals surface area contributed by atoms with Crippen LogP contribution < -0.4 is 4.74 Å². The van der Waals surface area contributed by atoms with Crippen LogP contribution >= 0.6 is 22.9 Å². The van der Waals surface area contributed by atoms with Crippen molar-refractivity contribution in [2.24, 2.45) is 0 Å². The molecule has 0 radical (unpaired) electrons. The van der Waals surface area contributed by atoms with E-state index in [4.69, 9.17) is 4.74 Å². The predicted octanol–water partition coefficient (Wildman–Crippen LogP) is 4.42. The lowest BCUT2D eigenvalue weighted by molar-refractivity contribution is 0.148. The summed E-state index contributed by atoms with van der Waals surface area (Å²) in [7, 11) is 1.67. The van der Waals surface area contributed by atoms with Crippen LogP contribution in [0, 0.1) is 0 Å². The van der Waals surface area contributed by atoms with Gasteiger partial charge in [-0.15, -0.1) is 0 Å². The van der Waals surface area contributed by atoms with Crippen molar-refractivity contribution in [2.75, 3.05) is 26.7 Å². The normalized spacial score (nSPS) is 19.3. The number of benzene rings is 1. The Hall–Kier alpha value is -1.18. The lowest BCUT2D eigenvalue weighted by Gasteiger charge is -2.39. The largest absolute Gasteiger partial charge is 0.481 e. The molecule has 1 aromatic heterocycles. The third kappa shape index (κ3) is 4.51. The molecular weight excluding hydrogens is 425 g/mol. The van der Waals surface area contributed by atoms with Gasteiger partial charge >= 0.3 is 0 Å². The first-order valence-electron chi connectivity index (χ1n) is 8.81. The molecule has 3 rings (SSSR count). The quantitative estimate of drug-likeness (QED) is 0.497. The fourth-order valence-corrected chi connectivity index (χ4v) is 4.16. The van der Waals surface area contributed by atoms with Crippen LogP contribution in [0.3, 0.4) is 0 Å². The van der Waals surface area contributed by atoms with Crippen molar-refractivity contribution in [3.8, 4) is 5.88 Å². The van der Waals surface area contributed by atoms with Crippen LogP contribution in [0.15, 0.2) is 42.6 Å². The molecule has 0 spiro atoms. The second-order valence-electron chi connectivity index (χ2n) is 6.86. The molecule has 2 heterocycles. The molecule has 5 heteroatoms. The Kier molecular flexibility index (Phi) is 6.30. The summed E-state index contributed by atoms with van der Waals surface area (Å²) in [5, 5.41) is 0. The van der Waals surface area contributed by atoms with Gasteiger partial charge < -0.3 is 4.74 Å². The first kappa shape index (κ1) is 18.6. The molecule has 0 N–H and O–H groups in total. The Labute approximate surface area is 164 Å². The molecule has 0 saturated carbocycles. The van der Waals surface area contributed by atoms with Gasteiger partial charge in [0.15, 0.2) is 0 Å². The van der Waals surface area contributed by atoms with Crippen molar-refractivity contribution in [1.29, 1.82) is 0 Å². The summed E-state index contributed by atoms with van der Waals surface area (Å²) in [4.78, 5) is 6.74. The average Bonchev–Trinajstić information content (AvgIpc) is 2.63. The second kappa shape index (κ2) is 8.47. The SMILES string of the molecule is COc1cc(CN2CCN(I)C(c3ccccc3C(C)C)C2)ccn1. The van der Waals surface area contributed by atoms with E-state index in [2.05, 4.69) is 80.0 Å². The van der Waals surface area contributed by atoms with Gasteiger partial charge in [-0.05, 0) is 28.7 Å². The summed E-state index contributed by atoms with van der Waals surface area (Å²) in [5.74, 6) is 1.23. The highest BCUT2D eigenvalue weighted by Gasteiger charge is 2.28. The monoisotopic (exact) mass is 451 g/mol. The highest BCUT2D eigenvalue weighted by molar-refractivity contribution is 14.1. The van der Waals surface area contributed by atoms with E-state index < -0.39 is 0 Å². The molecule has 1 aliphatic heterocycles. The Morgan fingerprint density at radius 1 is 1.24 bits per heavy atom. The van der Waals surface area contributed by atoms with Crippen molar-refractivity contribution in [3.63, 3.8) is 0 Å². The number of rotatable bonds is 5. The van der Waals surface area contributed by atoms with Gasteiger partial charge in [-0.2, -0.15) is 0 Å². The molecule has 1 fully saturated rings. The molecule has 1 aromatic carbocycles. The molecule has 4 nitrogen and oxygen atoms in total. The Morgan fingerprint density at radius 2 is 2.04 bits per heavy atom. The molecule has 1 atom stereocenters. The molecule has 0 amide bonds. The summed E-state index contributed by atoms with van der Waals surface area (Å²) in [6, 6.07) is 13.4. The van der Waals surface area contributed by atoms with Gasteiger partial charge in [0.2, 0.25) is 5.88 Å². The van der Waals surface area contributed by atoms with Crippen molar-refractivity contribution >= 4 is 22.9 Å². The fourth-order valence-electron chi connectivity index (χ4n) is 3.47. The Bertz CT molecular complexity index is 707. The number of ether oxygens (including phenoxy) is 1. The molecule has 134 valence electrons. The van der Waals surface area contributed by atoms with Crippen LogP contribution in [0.25, 0.3) is 0 Å². The van der Waals surface area contributed by atoms with E-state index in [-0.39, 0.29) is 0 Å². The van der Waals surface area contributed by atoms with E-state index in [9.17, 15) is 0 Å². The molecule has 0 bridgehead atoms. The van der Waals surface area contributed by atoms with Gasteiger partial charge in [0.05, 0.1) is 13.2 Å². The van der Waals surface area contributed by atoms with E-state index in [0.717, 1.165) is 26.2 Å². The third-order valence-electron chi connectivity index (χ3n) is 4.79. The lowest BCUT2D eigenvalue weighted by atomic mass is 9.92. The van der Waals surface area contributed by atoms with Crippen LogP contribution in [0.5, 0.6) is 5.88 Å². The first-order chi connectivity index (χ1) is 12.1. The Balaban J connectivity index is 1.78. The van der Waals surface area contributed by atoms with Crippen LogP contribution in [0.1, 0.15) is 42.5 Å². The minimum atomic E-state index is 0.427. The number of halogens is 1. The van der Waals surface area contributed by atoms with Crippen LogP contribution in [-0.2, 0) is 6.54 Å². The maximum Gasteiger partial charge on any atom is 0.213 e. The first-order valence-corrected chi connectivity index (χ1v) is 9.77. The zero-order chi connectivity index (χ0) is 17.8. The van der Waals surface area contributed by atoms with E-state index in [1.165, 1.54) is 16.7 Å². The van der Waals surface area contributed by atoms with E-state index in [1.807, 2.05) is 12.3 Å². The molecule has 2 aromatic rings. The van der Waals surface area contributed by atoms with E-state index in [1.54, 1.807) is 7.11 Å². The highest BCUT2D eigenvalue weighted by Crippen LogP contribution is 2.33. The molecular formula is C20H26IN3O. The standard InChI is InChI=1S/C20H26IN3O/c1-15(2)17-6-4-5-7-18(17)19-14-23(10-11-24(19)21)13-16-8-9-22-20(12-16)25-3/h4-9,12,15,19H,10-11,13-14H2,1-3H3. The summed E-state index contributed by atoms with van der Waals surface area (Å²) >= 11 is 2.49. The highest BCUT2D eigenvalue weighted by atomic mass is 127. The van der Waals surface area contributed by atoms with Gasteiger partial charge in [-0.3, -0.25) is 4.90 Å². The molecule has 1 saturated heterocycles. The zero-order valence-electron chi connectivity index (χ0n) is 15.2. The topological polar surface area (TPSA) is 28.6 Å². The van der Waals surface area contributed by atoms with Crippen molar-refractivity contribution in [1.82, 2.24) is 13.0 Å². The van der Waals surface area contributed by atoms with Gasteiger partial charge in [0.25, 0.3) is 0 Å². The number of piperazine rings is 1. The van der Waals surface area contributed by atoms with Gasteiger partial charge in [0, 0.05) is 61.3 Å². The van der Waals surface area contributed by atoms with E-state index in [0.29, 0.717) is 17.8 Å². The van der Waals surface area contributed by atoms with Crippen LogP contribution in [0.4, 0.5) is 0 Å². The van der Waals surface area contributed by atoms with Gasteiger partial charge in [-0.25, -0.2) is 8.10 Å². The number of pyridine rings is 1. The van der Waals surface area contributed by atoms with Crippen LogP contribution in [0.2, 0.25) is 0 Å². The van der Waals surface area contributed by atoms with Gasteiger partial charge in [0.1, 0.15) is 0 Å². The zero-order valence-corrected chi connectivity index (χ0v) is 17.3. The average molecular weight is 451 g/mol. The fraction of sp³-hybridized carbons (Fsp3) is 0.450. The van der Waals surface area contributed by atoms with Crippen molar-refractivity contribution in [2.45, 2.75) is 32.4 Å². The molecule has 0 aliphatic carbocycles. The minimum absolute atomic E-state index is 0.427. The number of hydrogen-bond acceptors (Lipinski definition) is 4. The summed E-state index contributed by atoms with van der Waals surface area (Å²) in [6.07, 6.45) is 1.83. The molecule has 1 aliphatic rings. The lowest BCUT2D eigenvalue weighted by Crippen LogP contribution is -2.44. The third-order valence-corrected chi connectivity index (χ3v) is 5.95. The smallest absolute Gasteiger partial charge is 0.213 e. The molecule has 1 unspecified atom stereocenters. The maximum atomic E-state index is 5.25. The summed E-state index contributed by atoms with van der Waals surface area (Å²) in [5.41, 5.74) is 4.18. The minimum Gasteiger partial charge on any atom is -0.481 e. The second-order valence-corrected chi connectivity index (χ2v) is 8.10. The summed E-state index contributed by atoms with van der Waals surface area (Å²) in [6.45, 7) is 8.68. The van der Waals surface area contributed by atoms with Crippen molar-refractivity contribution in [3.05, 3.63) is 59.3 Å². The number of methoxy groups -OCH3 is 1. The number of aromatic nitrogens is 1. The van der Waals surface area contributed by atoms with Gasteiger partial charge in [-0.1, -0.05) is 38.1 Å². The Morgan fingerprint density at radius 3 is 2.80 bits per heavy atom. The van der Waals surface area contributed by atoms with E-state index >= 15 is 0 Å². The maximum absolute atomic E-state index is 5.25. The number of nitrogens with zero attached hydrogens (tertiary/aromatic N) is 3. The van der Waals surface area contributed by atoms with Crippen LogP contribution in [-0.4, -0.2) is 39.7 Å². The predicted molar refractivity (Wildman–Crippen MR) is 110 cm³/mol. The number of hydrogen-bond donors (Lipinski definition) is 0. The van der Waals surface area contributed by atoms with Crippen molar-refractivity contribution < 1.29 is 4.74 Å². The molecule has 25 heavy (non-hydrogen) atoms.